The normalized spacial score (nSPS) is 13.7. The van der Waals surface area contributed by atoms with Crippen LogP contribution in [0.1, 0.15) is 35.4 Å². The van der Waals surface area contributed by atoms with Gasteiger partial charge in [-0.3, -0.25) is 4.79 Å². The third-order valence-corrected chi connectivity index (χ3v) is 4.85. The maximum Gasteiger partial charge on any atom is 0.276 e. The second-order valence-corrected chi connectivity index (χ2v) is 6.78. The summed E-state index contributed by atoms with van der Waals surface area (Å²) in [5.74, 6) is -2.02. The molecule has 0 saturated heterocycles. The van der Waals surface area contributed by atoms with Crippen LogP contribution in [0.4, 0.5) is 18.9 Å². The number of fused-ring (bicyclic) bond motifs is 1. The zero-order valence-electron chi connectivity index (χ0n) is 15.0. The molecule has 2 aromatic carbocycles. The van der Waals surface area contributed by atoms with E-state index in [1.165, 1.54) is 18.2 Å². The van der Waals surface area contributed by atoms with Gasteiger partial charge in [0.25, 0.3) is 5.91 Å². The number of carbonyl (C=O) groups is 1. The molecule has 0 fully saturated rings. The fraction of sp³-hybridized carbons (Fsp3) is 0.238. The van der Waals surface area contributed by atoms with Gasteiger partial charge in [0.15, 0.2) is 0 Å². The van der Waals surface area contributed by atoms with Gasteiger partial charge in [0, 0.05) is 18.2 Å². The van der Waals surface area contributed by atoms with Crippen molar-refractivity contribution >= 4 is 11.6 Å². The maximum atomic E-state index is 13.9. The number of benzene rings is 2. The summed E-state index contributed by atoms with van der Waals surface area (Å²) in [7, 11) is 0. The van der Waals surface area contributed by atoms with E-state index in [4.69, 9.17) is 0 Å². The van der Waals surface area contributed by atoms with E-state index < -0.39 is 17.5 Å². The first kappa shape index (κ1) is 18.3. The Hall–Kier alpha value is -3.09. The minimum Gasteiger partial charge on any atom is -0.327 e. The van der Waals surface area contributed by atoms with Gasteiger partial charge in [-0.2, -0.15) is 0 Å². The summed E-state index contributed by atoms with van der Waals surface area (Å²) in [5, 5.41) is 2.47. The van der Waals surface area contributed by atoms with Gasteiger partial charge in [0.1, 0.15) is 29.0 Å². The van der Waals surface area contributed by atoms with E-state index >= 15 is 0 Å². The van der Waals surface area contributed by atoms with Gasteiger partial charge in [0.05, 0.1) is 11.4 Å². The zero-order chi connectivity index (χ0) is 19.7. The Balaban J connectivity index is 1.75. The summed E-state index contributed by atoms with van der Waals surface area (Å²) >= 11 is 0. The number of hydrogen-bond donors (Lipinski definition) is 1. The van der Waals surface area contributed by atoms with Gasteiger partial charge in [-0.05, 0) is 43.5 Å². The first-order valence-corrected chi connectivity index (χ1v) is 9.14. The topological polar surface area (TPSA) is 46.9 Å². The molecular formula is C21H18F3N3O. The molecule has 1 aromatic heterocycles. The Morgan fingerprint density at radius 1 is 1.00 bits per heavy atom. The van der Waals surface area contributed by atoms with E-state index in [1.54, 1.807) is 12.1 Å². The Morgan fingerprint density at radius 3 is 2.61 bits per heavy atom. The van der Waals surface area contributed by atoms with Crippen molar-refractivity contribution in [3.05, 3.63) is 71.3 Å². The van der Waals surface area contributed by atoms with E-state index in [-0.39, 0.29) is 17.2 Å². The second-order valence-electron chi connectivity index (χ2n) is 6.78. The summed E-state index contributed by atoms with van der Waals surface area (Å²) in [6.07, 6.45) is 3.49. The lowest BCUT2D eigenvalue weighted by Crippen LogP contribution is -2.16. The van der Waals surface area contributed by atoms with Crippen LogP contribution < -0.4 is 5.32 Å². The summed E-state index contributed by atoms with van der Waals surface area (Å²) in [6, 6.07) is 9.01. The summed E-state index contributed by atoms with van der Waals surface area (Å²) in [6.45, 7) is 0.673. The molecule has 0 aliphatic carbocycles. The molecule has 1 aliphatic rings. The van der Waals surface area contributed by atoms with E-state index in [0.717, 1.165) is 31.0 Å². The molecule has 1 amide bonds. The van der Waals surface area contributed by atoms with Gasteiger partial charge in [-0.25, -0.2) is 18.2 Å². The Labute approximate surface area is 160 Å². The summed E-state index contributed by atoms with van der Waals surface area (Å²) < 4.78 is 42.7. The van der Waals surface area contributed by atoms with Gasteiger partial charge in [-0.1, -0.05) is 18.6 Å². The SMILES string of the molecule is O=C(Nc1ccc(F)cc1F)c1nc(-c2cccc(F)c2)n2c1CCCCC2. The van der Waals surface area contributed by atoms with Gasteiger partial charge in [0.2, 0.25) is 0 Å². The van der Waals surface area contributed by atoms with Crippen LogP contribution in [0.25, 0.3) is 11.4 Å². The standard InChI is InChI=1S/C21H18F3N3O/c22-14-6-4-5-13(11-14)20-26-19(18-7-2-1-3-10-27(18)20)21(28)25-17-9-8-15(23)12-16(17)24/h4-6,8-9,11-12H,1-3,7,10H2,(H,25,28). The largest absolute Gasteiger partial charge is 0.327 e. The van der Waals surface area contributed by atoms with Crippen molar-refractivity contribution in [3.8, 4) is 11.4 Å². The lowest BCUT2D eigenvalue weighted by molar-refractivity contribution is 0.102. The molecule has 144 valence electrons. The number of nitrogens with one attached hydrogen (secondary N) is 1. The smallest absolute Gasteiger partial charge is 0.276 e. The van der Waals surface area contributed by atoms with Crippen molar-refractivity contribution in [2.45, 2.75) is 32.2 Å². The first-order chi connectivity index (χ1) is 13.5. The van der Waals surface area contributed by atoms with Crippen molar-refractivity contribution in [3.63, 3.8) is 0 Å². The maximum absolute atomic E-state index is 13.9. The highest BCUT2D eigenvalue weighted by Crippen LogP contribution is 2.28. The molecule has 7 heteroatoms. The predicted octanol–water partition coefficient (Wildman–Crippen LogP) is 4.95. The number of halogens is 3. The second kappa shape index (κ2) is 7.50. The zero-order valence-corrected chi connectivity index (χ0v) is 15.0. The number of anilines is 1. The molecule has 0 radical (unpaired) electrons. The number of imidazole rings is 1. The molecule has 28 heavy (non-hydrogen) atoms. The highest BCUT2D eigenvalue weighted by Gasteiger charge is 2.25. The third kappa shape index (κ3) is 3.52. The van der Waals surface area contributed by atoms with Crippen LogP contribution in [-0.4, -0.2) is 15.5 Å². The van der Waals surface area contributed by atoms with Crippen molar-refractivity contribution in [2.75, 3.05) is 5.32 Å². The third-order valence-electron chi connectivity index (χ3n) is 4.85. The lowest BCUT2D eigenvalue weighted by atomic mass is 10.1. The van der Waals surface area contributed by atoms with Crippen LogP contribution >= 0.6 is 0 Å². The van der Waals surface area contributed by atoms with Crippen LogP contribution in [0.15, 0.2) is 42.5 Å². The average molecular weight is 385 g/mol. The van der Waals surface area contributed by atoms with Gasteiger partial charge >= 0.3 is 0 Å². The molecule has 3 aromatic rings. The van der Waals surface area contributed by atoms with Crippen LogP contribution in [0.5, 0.6) is 0 Å². The summed E-state index contributed by atoms with van der Waals surface area (Å²) in [4.78, 5) is 17.3. The van der Waals surface area contributed by atoms with Crippen molar-refractivity contribution in [1.82, 2.24) is 9.55 Å². The molecule has 2 heterocycles. The first-order valence-electron chi connectivity index (χ1n) is 9.14. The number of rotatable bonds is 3. The van der Waals surface area contributed by atoms with E-state index in [9.17, 15) is 18.0 Å². The number of carbonyl (C=O) groups excluding carboxylic acids is 1. The molecule has 4 rings (SSSR count). The quantitative estimate of drug-likeness (QED) is 0.694. The lowest BCUT2D eigenvalue weighted by Gasteiger charge is -2.09. The molecule has 0 unspecified atom stereocenters. The van der Waals surface area contributed by atoms with E-state index in [2.05, 4.69) is 10.3 Å². The molecule has 0 saturated carbocycles. The molecular weight excluding hydrogens is 367 g/mol. The average Bonchev–Trinajstić information content (AvgIpc) is 2.85. The van der Waals surface area contributed by atoms with Crippen LogP contribution in [0, 0.1) is 17.5 Å². The Bertz CT molecular complexity index is 1050. The molecule has 4 nitrogen and oxygen atoms in total. The minimum atomic E-state index is -0.857. The highest BCUT2D eigenvalue weighted by molar-refractivity contribution is 6.04. The number of hydrogen-bond acceptors (Lipinski definition) is 2. The number of nitrogens with zero attached hydrogens (tertiary/aromatic N) is 2. The Morgan fingerprint density at radius 2 is 1.82 bits per heavy atom. The van der Waals surface area contributed by atoms with Crippen molar-refractivity contribution < 1.29 is 18.0 Å². The van der Waals surface area contributed by atoms with Gasteiger partial charge in [-0.15, -0.1) is 0 Å². The molecule has 0 atom stereocenters. The molecule has 0 bridgehead atoms. The van der Waals surface area contributed by atoms with Crippen molar-refractivity contribution in [2.24, 2.45) is 0 Å². The van der Waals surface area contributed by atoms with Gasteiger partial charge < -0.3 is 9.88 Å². The van der Waals surface area contributed by atoms with Crippen molar-refractivity contribution in [1.29, 1.82) is 0 Å². The molecule has 1 N–H and O–H groups in total. The minimum absolute atomic E-state index is 0.117. The monoisotopic (exact) mass is 385 g/mol. The fourth-order valence-electron chi connectivity index (χ4n) is 3.52. The van der Waals surface area contributed by atoms with Crippen LogP contribution in [0.3, 0.4) is 0 Å². The van der Waals surface area contributed by atoms with E-state index in [1.807, 2.05) is 4.57 Å². The highest BCUT2D eigenvalue weighted by atomic mass is 19.1. The van der Waals surface area contributed by atoms with Crippen LogP contribution in [-0.2, 0) is 13.0 Å². The fourth-order valence-corrected chi connectivity index (χ4v) is 3.52. The number of amides is 1. The molecule has 1 aliphatic heterocycles. The molecule has 0 spiro atoms. The predicted molar refractivity (Wildman–Crippen MR) is 99.5 cm³/mol. The summed E-state index contributed by atoms with van der Waals surface area (Å²) in [5.41, 5.74) is 1.39. The van der Waals surface area contributed by atoms with E-state index in [0.29, 0.717) is 30.4 Å². The Kier molecular flexibility index (Phi) is 4.90. The number of aromatic nitrogens is 2. The van der Waals surface area contributed by atoms with Crippen LogP contribution in [0.2, 0.25) is 0 Å².